The minimum Gasteiger partial charge on any atom is -0.478 e. The maximum atomic E-state index is 13.0. The Morgan fingerprint density at radius 2 is 1.89 bits per heavy atom. The number of hydrogen-bond acceptors (Lipinski definition) is 6. The Hall–Kier alpha value is -3.23. The number of rotatable bonds is 4. The minimum absolute atomic E-state index is 0.0122. The molecule has 148 valence electrons. The van der Waals surface area contributed by atoms with Crippen LogP contribution in [0.4, 0.5) is 0 Å². The number of fused-ring (bicyclic) bond motifs is 1. The minimum atomic E-state index is -1.26. The summed E-state index contributed by atoms with van der Waals surface area (Å²) in [5.41, 5.74) is -0.818. The number of piperidine rings is 1. The molecule has 0 aliphatic carbocycles. The number of imide groups is 2. The number of carboxylic acids is 1. The van der Waals surface area contributed by atoms with Gasteiger partial charge in [-0.3, -0.25) is 29.4 Å². The van der Waals surface area contributed by atoms with E-state index in [-0.39, 0.29) is 29.7 Å². The number of carbonyl (C=O) groups is 5. The fraction of sp³-hybridized carbons (Fsp3) is 0.421. The highest BCUT2D eigenvalue weighted by atomic mass is 16.5. The van der Waals surface area contributed by atoms with Crippen LogP contribution in [0.25, 0.3) is 0 Å². The van der Waals surface area contributed by atoms with Gasteiger partial charge in [-0.05, 0) is 18.6 Å². The molecule has 1 aromatic rings. The van der Waals surface area contributed by atoms with Gasteiger partial charge in [0.1, 0.15) is 11.8 Å². The van der Waals surface area contributed by atoms with Crippen LogP contribution >= 0.6 is 0 Å². The molecule has 2 aliphatic heterocycles. The van der Waals surface area contributed by atoms with Gasteiger partial charge < -0.3 is 9.84 Å². The Kier molecular flexibility index (Phi) is 4.70. The summed E-state index contributed by atoms with van der Waals surface area (Å²) in [6.45, 7) is 5.03. The van der Waals surface area contributed by atoms with E-state index in [1.165, 1.54) is 18.2 Å². The number of benzene rings is 1. The summed E-state index contributed by atoms with van der Waals surface area (Å²) in [4.78, 5) is 61.6. The zero-order valence-corrected chi connectivity index (χ0v) is 15.6. The molecule has 1 fully saturated rings. The number of aliphatic carboxylic acids is 1. The van der Waals surface area contributed by atoms with Crippen molar-refractivity contribution < 1.29 is 33.8 Å². The molecule has 3 rings (SSSR count). The van der Waals surface area contributed by atoms with Crippen LogP contribution in [-0.2, 0) is 14.4 Å². The standard InChI is InChI=1S/C19H20N2O7/c1-19(2,3)14(18(26)27)28-11-6-4-5-9-13(11)17(25)21(16(9)24)10-7-8-12(22)20-15(10)23/h4-6,10,14H,7-8H2,1-3H3,(H,26,27)(H,20,22,23). The molecule has 0 bridgehead atoms. The van der Waals surface area contributed by atoms with Crippen LogP contribution in [0, 0.1) is 5.41 Å². The second kappa shape index (κ2) is 6.74. The fourth-order valence-corrected chi connectivity index (χ4v) is 3.31. The van der Waals surface area contributed by atoms with Crippen molar-refractivity contribution in [1.82, 2.24) is 10.2 Å². The van der Waals surface area contributed by atoms with E-state index < -0.39 is 47.2 Å². The lowest BCUT2D eigenvalue weighted by atomic mass is 9.89. The Morgan fingerprint density at radius 1 is 1.21 bits per heavy atom. The van der Waals surface area contributed by atoms with Gasteiger partial charge in [0.2, 0.25) is 11.8 Å². The first-order valence-electron chi connectivity index (χ1n) is 8.76. The number of carbonyl (C=O) groups excluding carboxylic acids is 4. The van der Waals surface area contributed by atoms with E-state index in [2.05, 4.69) is 5.32 Å². The molecule has 1 aromatic carbocycles. The first kappa shape index (κ1) is 19.5. The number of ether oxygens (including phenoxy) is 1. The largest absolute Gasteiger partial charge is 0.478 e. The van der Waals surface area contributed by atoms with Gasteiger partial charge in [0, 0.05) is 11.8 Å². The molecule has 2 atom stereocenters. The summed E-state index contributed by atoms with van der Waals surface area (Å²) in [7, 11) is 0. The quantitative estimate of drug-likeness (QED) is 0.735. The van der Waals surface area contributed by atoms with Crippen molar-refractivity contribution >= 4 is 29.6 Å². The van der Waals surface area contributed by atoms with Crippen LogP contribution in [0.3, 0.4) is 0 Å². The van der Waals surface area contributed by atoms with E-state index in [4.69, 9.17) is 4.74 Å². The molecule has 4 amide bonds. The van der Waals surface area contributed by atoms with Crippen molar-refractivity contribution in [3.05, 3.63) is 29.3 Å². The highest BCUT2D eigenvalue weighted by Gasteiger charge is 2.46. The predicted octanol–water partition coefficient (Wildman–Crippen LogP) is 0.966. The third-order valence-corrected chi connectivity index (χ3v) is 4.69. The van der Waals surface area contributed by atoms with E-state index in [9.17, 15) is 29.1 Å². The molecule has 0 radical (unpaired) electrons. The van der Waals surface area contributed by atoms with Gasteiger partial charge in [0.15, 0.2) is 6.10 Å². The summed E-state index contributed by atoms with van der Waals surface area (Å²) in [5.74, 6) is -3.84. The van der Waals surface area contributed by atoms with Crippen LogP contribution in [0.5, 0.6) is 5.75 Å². The highest BCUT2D eigenvalue weighted by Crippen LogP contribution is 2.35. The third kappa shape index (κ3) is 3.23. The van der Waals surface area contributed by atoms with E-state index in [0.29, 0.717) is 0 Å². The molecule has 0 aromatic heterocycles. The number of nitrogens with zero attached hydrogens (tertiary/aromatic N) is 1. The van der Waals surface area contributed by atoms with Crippen molar-refractivity contribution in [3.8, 4) is 5.75 Å². The lowest BCUT2D eigenvalue weighted by Gasteiger charge is -2.29. The van der Waals surface area contributed by atoms with Gasteiger partial charge in [0.05, 0.1) is 11.1 Å². The first-order chi connectivity index (χ1) is 13.0. The second-order valence-corrected chi connectivity index (χ2v) is 7.83. The van der Waals surface area contributed by atoms with Crippen molar-refractivity contribution in [2.24, 2.45) is 5.41 Å². The van der Waals surface area contributed by atoms with Crippen molar-refractivity contribution in [3.63, 3.8) is 0 Å². The van der Waals surface area contributed by atoms with Crippen LogP contribution in [-0.4, -0.2) is 51.8 Å². The van der Waals surface area contributed by atoms with Crippen molar-refractivity contribution in [2.75, 3.05) is 0 Å². The number of amides is 4. The van der Waals surface area contributed by atoms with E-state index in [1.807, 2.05) is 0 Å². The maximum absolute atomic E-state index is 13.0. The Bertz CT molecular complexity index is 900. The average Bonchev–Trinajstić information content (AvgIpc) is 2.84. The molecule has 0 saturated carbocycles. The van der Waals surface area contributed by atoms with E-state index in [1.54, 1.807) is 20.8 Å². The highest BCUT2D eigenvalue weighted by molar-refractivity contribution is 6.24. The topological polar surface area (TPSA) is 130 Å². The molecule has 9 nitrogen and oxygen atoms in total. The van der Waals surface area contributed by atoms with E-state index in [0.717, 1.165) is 4.90 Å². The molecule has 2 heterocycles. The molecular formula is C19H20N2O7. The van der Waals surface area contributed by atoms with Gasteiger partial charge in [-0.2, -0.15) is 0 Å². The Labute approximate surface area is 160 Å². The van der Waals surface area contributed by atoms with E-state index >= 15 is 0 Å². The van der Waals surface area contributed by atoms with Gasteiger partial charge >= 0.3 is 5.97 Å². The summed E-state index contributed by atoms with van der Waals surface area (Å²) >= 11 is 0. The number of nitrogens with one attached hydrogen (secondary N) is 1. The molecule has 2 aliphatic rings. The second-order valence-electron chi connectivity index (χ2n) is 7.83. The summed E-state index contributed by atoms with van der Waals surface area (Å²) in [5, 5.41) is 11.6. The van der Waals surface area contributed by atoms with Crippen molar-refractivity contribution in [2.45, 2.75) is 45.8 Å². The van der Waals surface area contributed by atoms with Gasteiger partial charge in [0.25, 0.3) is 11.8 Å². The zero-order chi connectivity index (χ0) is 20.8. The average molecular weight is 388 g/mol. The smallest absolute Gasteiger partial charge is 0.345 e. The van der Waals surface area contributed by atoms with Gasteiger partial charge in [-0.15, -0.1) is 0 Å². The Balaban J connectivity index is 1.98. The van der Waals surface area contributed by atoms with Gasteiger partial charge in [-0.25, -0.2) is 4.79 Å². The van der Waals surface area contributed by atoms with Gasteiger partial charge in [-0.1, -0.05) is 26.8 Å². The lowest BCUT2D eigenvalue weighted by molar-refractivity contribution is -0.150. The van der Waals surface area contributed by atoms with Crippen LogP contribution in [0.2, 0.25) is 0 Å². The molecule has 0 spiro atoms. The van der Waals surface area contributed by atoms with Crippen LogP contribution in [0.1, 0.15) is 54.3 Å². The molecular weight excluding hydrogens is 368 g/mol. The SMILES string of the molecule is CC(C)(C)C(Oc1cccc2c1C(=O)N(C1CCC(=O)NC1=O)C2=O)C(=O)O. The molecule has 2 N–H and O–H groups in total. The van der Waals surface area contributed by atoms with Crippen LogP contribution < -0.4 is 10.1 Å². The fourth-order valence-electron chi connectivity index (χ4n) is 3.31. The zero-order valence-electron chi connectivity index (χ0n) is 15.6. The summed E-state index contributed by atoms with van der Waals surface area (Å²) in [6.07, 6.45) is -1.21. The lowest BCUT2D eigenvalue weighted by Crippen LogP contribution is -2.54. The normalized spacial score (nSPS) is 20.7. The summed E-state index contributed by atoms with van der Waals surface area (Å²) < 4.78 is 5.63. The maximum Gasteiger partial charge on any atom is 0.345 e. The monoisotopic (exact) mass is 388 g/mol. The molecule has 1 saturated heterocycles. The van der Waals surface area contributed by atoms with Crippen LogP contribution in [0.15, 0.2) is 18.2 Å². The molecule has 2 unspecified atom stereocenters. The number of carboxylic acid groups (broad SMARTS) is 1. The third-order valence-electron chi connectivity index (χ3n) is 4.69. The predicted molar refractivity (Wildman–Crippen MR) is 94.6 cm³/mol. The summed E-state index contributed by atoms with van der Waals surface area (Å²) in [6, 6.07) is 3.21. The molecule has 9 heteroatoms. The first-order valence-corrected chi connectivity index (χ1v) is 8.76. The Morgan fingerprint density at radius 3 is 2.46 bits per heavy atom. The number of hydrogen-bond donors (Lipinski definition) is 2. The molecule has 28 heavy (non-hydrogen) atoms. The van der Waals surface area contributed by atoms with Crippen molar-refractivity contribution in [1.29, 1.82) is 0 Å².